The van der Waals surface area contributed by atoms with E-state index in [2.05, 4.69) is 10.3 Å². The molecule has 1 aromatic rings. The average molecular weight is 243 g/mol. The summed E-state index contributed by atoms with van der Waals surface area (Å²) in [4.78, 5) is 25.5. The molecule has 0 bridgehead atoms. The molecule has 0 fully saturated rings. The molecular weight excluding hydrogens is 232 g/mol. The van der Waals surface area contributed by atoms with Gasteiger partial charge in [0, 0.05) is 12.6 Å². The van der Waals surface area contributed by atoms with Crippen LogP contribution in [0.25, 0.3) is 0 Å². The van der Waals surface area contributed by atoms with Gasteiger partial charge in [-0.1, -0.05) is 11.6 Å². The summed E-state index contributed by atoms with van der Waals surface area (Å²) in [5, 5.41) is 11.2. The first-order chi connectivity index (χ1) is 7.50. The fraction of sp³-hybridized carbons (Fsp3) is 0.300. The first kappa shape index (κ1) is 12.4. The molecule has 0 aliphatic rings. The number of carbonyl (C=O) groups excluding carboxylic acids is 1. The van der Waals surface area contributed by atoms with Crippen LogP contribution in [0.15, 0.2) is 12.3 Å². The SMILES string of the molecule is Cc1ccnc(Cl)c1NC(=O)CCC(=O)O. The van der Waals surface area contributed by atoms with Gasteiger partial charge in [0.2, 0.25) is 5.91 Å². The summed E-state index contributed by atoms with van der Waals surface area (Å²) >= 11 is 5.79. The van der Waals surface area contributed by atoms with E-state index < -0.39 is 5.97 Å². The van der Waals surface area contributed by atoms with Crippen LogP contribution < -0.4 is 5.32 Å². The van der Waals surface area contributed by atoms with Gasteiger partial charge in [-0.05, 0) is 18.6 Å². The number of hydrogen-bond acceptors (Lipinski definition) is 3. The molecule has 0 aliphatic heterocycles. The average Bonchev–Trinajstić information content (AvgIpc) is 2.21. The van der Waals surface area contributed by atoms with Crippen molar-refractivity contribution in [3.8, 4) is 0 Å². The van der Waals surface area contributed by atoms with E-state index in [9.17, 15) is 9.59 Å². The topological polar surface area (TPSA) is 79.3 Å². The van der Waals surface area contributed by atoms with Crippen molar-refractivity contribution >= 4 is 29.2 Å². The van der Waals surface area contributed by atoms with E-state index in [-0.39, 0.29) is 23.9 Å². The second-order valence-electron chi connectivity index (χ2n) is 3.24. The lowest BCUT2D eigenvalue weighted by atomic mass is 10.2. The van der Waals surface area contributed by atoms with Crippen LogP contribution in [0.3, 0.4) is 0 Å². The van der Waals surface area contributed by atoms with Crippen LogP contribution in [0.2, 0.25) is 5.15 Å². The van der Waals surface area contributed by atoms with Gasteiger partial charge in [-0.3, -0.25) is 9.59 Å². The van der Waals surface area contributed by atoms with E-state index in [1.807, 2.05) is 0 Å². The summed E-state index contributed by atoms with van der Waals surface area (Å²) < 4.78 is 0. The number of amides is 1. The fourth-order valence-corrected chi connectivity index (χ4v) is 1.35. The Bertz CT molecular complexity index is 400. The van der Waals surface area contributed by atoms with E-state index in [4.69, 9.17) is 16.7 Å². The molecule has 16 heavy (non-hydrogen) atoms. The first-order valence-electron chi connectivity index (χ1n) is 4.63. The lowest BCUT2D eigenvalue weighted by Gasteiger charge is -2.08. The minimum atomic E-state index is -1.01. The summed E-state index contributed by atoms with van der Waals surface area (Å²) in [6, 6.07) is 1.71. The highest BCUT2D eigenvalue weighted by atomic mass is 35.5. The molecule has 0 saturated heterocycles. The van der Waals surface area contributed by atoms with Crippen LogP contribution in [0.4, 0.5) is 5.69 Å². The molecule has 0 radical (unpaired) electrons. The third-order valence-electron chi connectivity index (χ3n) is 1.94. The zero-order valence-corrected chi connectivity index (χ0v) is 9.41. The minimum absolute atomic E-state index is 0.0833. The Morgan fingerprint density at radius 3 is 2.75 bits per heavy atom. The van der Waals surface area contributed by atoms with Crippen molar-refractivity contribution in [1.29, 1.82) is 0 Å². The predicted octanol–water partition coefficient (Wildman–Crippen LogP) is 1.85. The Hall–Kier alpha value is -1.62. The standard InChI is InChI=1S/C10H11ClN2O3/c1-6-4-5-12-10(11)9(6)13-7(14)2-3-8(15)16/h4-5H,2-3H2,1H3,(H,13,14)(H,15,16). The number of halogens is 1. The van der Waals surface area contributed by atoms with Gasteiger partial charge in [0.15, 0.2) is 5.15 Å². The molecule has 0 atom stereocenters. The Morgan fingerprint density at radius 1 is 1.50 bits per heavy atom. The Balaban J connectivity index is 2.66. The maximum absolute atomic E-state index is 11.4. The van der Waals surface area contributed by atoms with E-state index in [1.54, 1.807) is 13.0 Å². The highest BCUT2D eigenvalue weighted by Gasteiger charge is 2.10. The van der Waals surface area contributed by atoms with Crippen molar-refractivity contribution in [2.24, 2.45) is 0 Å². The van der Waals surface area contributed by atoms with Crippen LogP contribution in [0.5, 0.6) is 0 Å². The largest absolute Gasteiger partial charge is 0.481 e. The van der Waals surface area contributed by atoms with Crippen LogP contribution >= 0.6 is 11.6 Å². The van der Waals surface area contributed by atoms with Crippen molar-refractivity contribution in [1.82, 2.24) is 4.98 Å². The van der Waals surface area contributed by atoms with E-state index in [1.165, 1.54) is 6.20 Å². The molecule has 2 N–H and O–H groups in total. The zero-order valence-electron chi connectivity index (χ0n) is 8.66. The Kier molecular flexibility index (Phi) is 4.25. The molecule has 0 aliphatic carbocycles. The van der Waals surface area contributed by atoms with Crippen molar-refractivity contribution in [3.05, 3.63) is 23.0 Å². The van der Waals surface area contributed by atoms with Gasteiger partial charge in [0.1, 0.15) is 0 Å². The molecule has 0 unspecified atom stereocenters. The third-order valence-corrected chi connectivity index (χ3v) is 2.23. The summed E-state index contributed by atoms with van der Waals surface area (Å²) in [7, 11) is 0. The number of carboxylic acid groups (broad SMARTS) is 1. The van der Waals surface area contributed by atoms with Crippen LogP contribution in [-0.4, -0.2) is 22.0 Å². The number of aliphatic carboxylic acids is 1. The minimum Gasteiger partial charge on any atom is -0.481 e. The van der Waals surface area contributed by atoms with Gasteiger partial charge in [-0.2, -0.15) is 0 Å². The lowest BCUT2D eigenvalue weighted by Crippen LogP contribution is -2.14. The molecule has 1 heterocycles. The van der Waals surface area contributed by atoms with Gasteiger partial charge in [-0.25, -0.2) is 4.98 Å². The van der Waals surface area contributed by atoms with Gasteiger partial charge in [-0.15, -0.1) is 0 Å². The first-order valence-corrected chi connectivity index (χ1v) is 5.01. The molecule has 1 rings (SSSR count). The molecule has 0 aromatic carbocycles. The van der Waals surface area contributed by atoms with Crippen molar-refractivity contribution < 1.29 is 14.7 Å². The second kappa shape index (κ2) is 5.46. The maximum Gasteiger partial charge on any atom is 0.303 e. The number of aryl methyl sites for hydroxylation is 1. The highest BCUT2D eigenvalue weighted by molar-refractivity contribution is 6.32. The molecule has 0 spiro atoms. The molecule has 1 aromatic heterocycles. The maximum atomic E-state index is 11.4. The zero-order chi connectivity index (χ0) is 12.1. The van der Waals surface area contributed by atoms with Crippen molar-refractivity contribution in [3.63, 3.8) is 0 Å². The van der Waals surface area contributed by atoms with Gasteiger partial charge < -0.3 is 10.4 Å². The third kappa shape index (κ3) is 3.51. The van der Waals surface area contributed by atoms with E-state index in [0.717, 1.165) is 5.56 Å². The predicted molar refractivity (Wildman–Crippen MR) is 59.5 cm³/mol. The Labute approximate surface area is 97.4 Å². The molecule has 6 heteroatoms. The van der Waals surface area contributed by atoms with E-state index >= 15 is 0 Å². The number of rotatable bonds is 4. The number of pyridine rings is 1. The summed E-state index contributed by atoms with van der Waals surface area (Å²) in [5.41, 5.74) is 1.21. The quantitative estimate of drug-likeness (QED) is 0.790. The van der Waals surface area contributed by atoms with Crippen molar-refractivity contribution in [2.75, 3.05) is 5.32 Å². The summed E-state index contributed by atoms with van der Waals surface area (Å²) in [6.07, 6.45) is 1.24. The fourth-order valence-electron chi connectivity index (χ4n) is 1.10. The summed E-state index contributed by atoms with van der Waals surface area (Å²) in [6.45, 7) is 1.78. The molecule has 0 saturated carbocycles. The van der Waals surface area contributed by atoms with Crippen LogP contribution in [-0.2, 0) is 9.59 Å². The van der Waals surface area contributed by atoms with Gasteiger partial charge in [0.05, 0.1) is 12.1 Å². The molecule has 1 amide bonds. The normalized spacial score (nSPS) is 9.88. The van der Waals surface area contributed by atoms with Crippen molar-refractivity contribution in [2.45, 2.75) is 19.8 Å². The smallest absolute Gasteiger partial charge is 0.303 e. The number of carbonyl (C=O) groups is 2. The number of aromatic nitrogens is 1. The van der Waals surface area contributed by atoms with Gasteiger partial charge in [0.25, 0.3) is 0 Å². The number of anilines is 1. The number of nitrogens with zero attached hydrogens (tertiary/aromatic N) is 1. The van der Waals surface area contributed by atoms with Crippen LogP contribution in [0, 0.1) is 6.92 Å². The number of carboxylic acids is 1. The molecular formula is C10H11ClN2O3. The number of hydrogen-bond donors (Lipinski definition) is 2. The summed E-state index contributed by atoms with van der Waals surface area (Å²) in [5.74, 6) is -1.40. The molecule has 86 valence electrons. The van der Waals surface area contributed by atoms with E-state index in [0.29, 0.717) is 5.69 Å². The lowest BCUT2D eigenvalue weighted by molar-refractivity contribution is -0.138. The highest BCUT2D eigenvalue weighted by Crippen LogP contribution is 2.22. The second-order valence-corrected chi connectivity index (χ2v) is 3.59. The van der Waals surface area contributed by atoms with Gasteiger partial charge >= 0.3 is 5.97 Å². The monoisotopic (exact) mass is 242 g/mol. The Morgan fingerprint density at radius 2 is 2.19 bits per heavy atom. The van der Waals surface area contributed by atoms with Crippen LogP contribution in [0.1, 0.15) is 18.4 Å². The number of nitrogens with one attached hydrogen (secondary N) is 1. The molecule has 5 nitrogen and oxygen atoms in total.